The van der Waals surface area contributed by atoms with Crippen molar-refractivity contribution in [3.05, 3.63) is 29.8 Å². The molecule has 0 aliphatic rings. The molecule has 0 aromatic heterocycles. The third kappa shape index (κ3) is 3.70. The molecule has 0 saturated carbocycles. The van der Waals surface area contributed by atoms with Crippen LogP contribution in [0.4, 0.5) is 4.79 Å². The second-order valence-electron chi connectivity index (χ2n) is 5.36. The highest BCUT2D eigenvalue weighted by molar-refractivity contribution is 5.70. The molecule has 4 nitrogen and oxygen atoms in total. The SMILES string of the molecule is CCN(C)C(=O)Oc1cccc(C(C)(C)N(C)C)c1. The molecule has 19 heavy (non-hydrogen) atoms. The molecule has 0 saturated heterocycles. The standard InChI is InChI=1S/C15H24N2O2/c1-7-17(6)14(18)19-13-10-8-9-12(11-13)15(2,3)16(4)5/h8-11H,7H2,1-6H3. The van der Waals surface area contributed by atoms with Crippen molar-refractivity contribution in [2.75, 3.05) is 27.7 Å². The number of rotatable bonds is 4. The molecule has 0 N–H and O–H groups in total. The highest BCUT2D eigenvalue weighted by Crippen LogP contribution is 2.28. The molecule has 1 amide bonds. The average Bonchev–Trinajstić information content (AvgIpc) is 2.37. The quantitative estimate of drug-likeness (QED) is 0.838. The van der Waals surface area contributed by atoms with Gasteiger partial charge in [-0.25, -0.2) is 4.79 Å². The normalized spacial score (nSPS) is 11.5. The van der Waals surface area contributed by atoms with E-state index in [-0.39, 0.29) is 11.6 Å². The van der Waals surface area contributed by atoms with E-state index in [0.29, 0.717) is 12.3 Å². The minimum atomic E-state index is -0.331. The highest BCUT2D eigenvalue weighted by atomic mass is 16.6. The summed E-state index contributed by atoms with van der Waals surface area (Å²) in [6.07, 6.45) is -0.331. The van der Waals surface area contributed by atoms with Crippen molar-refractivity contribution < 1.29 is 9.53 Å². The van der Waals surface area contributed by atoms with E-state index in [2.05, 4.69) is 18.7 Å². The molecule has 106 valence electrons. The van der Waals surface area contributed by atoms with Gasteiger partial charge in [0.25, 0.3) is 0 Å². The summed E-state index contributed by atoms with van der Waals surface area (Å²) < 4.78 is 5.35. The Hall–Kier alpha value is -1.55. The first-order valence-corrected chi connectivity index (χ1v) is 6.50. The molecule has 0 aliphatic heterocycles. The smallest absolute Gasteiger partial charge is 0.410 e. The molecule has 0 aliphatic carbocycles. The summed E-state index contributed by atoms with van der Waals surface area (Å²) in [5, 5.41) is 0. The Bertz CT molecular complexity index is 442. The molecule has 0 bridgehead atoms. The summed E-state index contributed by atoms with van der Waals surface area (Å²) >= 11 is 0. The Morgan fingerprint density at radius 2 is 1.89 bits per heavy atom. The number of carbonyl (C=O) groups is 1. The van der Waals surface area contributed by atoms with Crippen LogP contribution in [0.5, 0.6) is 5.75 Å². The molecular formula is C15H24N2O2. The zero-order valence-electron chi connectivity index (χ0n) is 12.7. The summed E-state index contributed by atoms with van der Waals surface area (Å²) in [5.74, 6) is 0.581. The molecule has 0 heterocycles. The monoisotopic (exact) mass is 264 g/mol. The van der Waals surface area contributed by atoms with E-state index in [1.165, 1.54) is 4.90 Å². The number of hydrogen-bond acceptors (Lipinski definition) is 3. The van der Waals surface area contributed by atoms with Crippen molar-refractivity contribution in [1.29, 1.82) is 0 Å². The van der Waals surface area contributed by atoms with Gasteiger partial charge in [0.1, 0.15) is 5.75 Å². The second kappa shape index (κ2) is 6.06. The molecule has 0 radical (unpaired) electrons. The Kier molecular flexibility index (Phi) is 4.95. The predicted molar refractivity (Wildman–Crippen MR) is 77.5 cm³/mol. The van der Waals surface area contributed by atoms with Crippen LogP contribution in [0, 0.1) is 0 Å². The largest absolute Gasteiger partial charge is 0.414 e. The van der Waals surface area contributed by atoms with Crippen LogP contribution in [0.25, 0.3) is 0 Å². The van der Waals surface area contributed by atoms with Gasteiger partial charge in [-0.05, 0) is 52.6 Å². The first-order valence-electron chi connectivity index (χ1n) is 6.50. The van der Waals surface area contributed by atoms with Gasteiger partial charge in [0.2, 0.25) is 0 Å². The van der Waals surface area contributed by atoms with Gasteiger partial charge < -0.3 is 14.5 Å². The highest BCUT2D eigenvalue weighted by Gasteiger charge is 2.23. The van der Waals surface area contributed by atoms with Crippen LogP contribution in [0.2, 0.25) is 0 Å². The molecule has 1 rings (SSSR count). The predicted octanol–water partition coefficient (Wildman–Crippen LogP) is 2.93. The van der Waals surface area contributed by atoms with Gasteiger partial charge in [0.15, 0.2) is 0 Å². The summed E-state index contributed by atoms with van der Waals surface area (Å²) in [6, 6.07) is 7.67. The molecule has 0 fully saturated rings. The average molecular weight is 264 g/mol. The molecule has 1 aromatic rings. The summed E-state index contributed by atoms with van der Waals surface area (Å²) in [4.78, 5) is 15.4. The topological polar surface area (TPSA) is 32.8 Å². The van der Waals surface area contributed by atoms with Gasteiger partial charge in [-0.15, -0.1) is 0 Å². The number of ether oxygens (including phenoxy) is 1. The minimum absolute atomic E-state index is 0.112. The van der Waals surface area contributed by atoms with E-state index in [1.54, 1.807) is 13.1 Å². The lowest BCUT2D eigenvalue weighted by Gasteiger charge is -2.33. The van der Waals surface area contributed by atoms with E-state index >= 15 is 0 Å². The van der Waals surface area contributed by atoms with Crippen LogP contribution in [-0.4, -0.2) is 43.6 Å². The number of benzene rings is 1. The van der Waals surface area contributed by atoms with Gasteiger partial charge in [0.05, 0.1) is 0 Å². The molecule has 0 spiro atoms. The zero-order chi connectivity index (χ0) is 14.6. The van der Waals surface area contributed by atoms with Crippen molar-refractivity contribution in [3.8, 4) is 5.75 Å². The van der Waals surface area contributed by atoms with Crippen molar-refractivity contribution in [3.63, 3.8) is 0 Å². The third-order valence-electron chi connectivity index (χ3n) is 3.65. The van der Waals surface area contributed by atoms with E-state index < -0.39 is 0 Å². The van der Waals surface area contributed by atoms with Crippen molar-refractivity contribution in [1.82, 2.24) is 9.80 Å². The van der Waals surface area contributed by atoms with Crippen LogP contribution in [0.1, 0.15) is 26.3 Å². The van der Waals surface area contributed by atoms with Gasteiger partial charge >= 0.3 is 6.09 Å². The second-order valence-corrected chi connectivity index (χ2v) is 5.36. The number of amides is 1. The Morgan fingerprint density at radius 1 is 1.26 bits per heavy atom. The van der Waals surface area contributed by atoms with Crippen LogP contribution in [0.15, 0.2) is 24.3 Å². The molecule has 0 atom stereocenters. The molecular weight excluding hydrogens is 240 g/mol. The van der Waals surface area contributed by atoms with Gasteiger partial charge in [-0.1, -0.05) is 12.1 Å². The maximum atomic E-state index is 11.7. The van der Waals surface area contributed by atoms with E-state index in [4.69, 9.17) is 4.74 Å². The van der Waals surface area contributed by atoms with Crippen molar-refractivity contribution in [2.45, 2.75) is 26.3 Å². The van der Waals surface area contributed by atoms with Crippen molar-refractivity contribution >= 4 is 6.09 Å². The fourth-order valence-electron chi connectivity index (χ4n) is 1.51. The zero-order valence-corrected chi connectivity index (χ0v) is 12.7. The van der Waals surface area contributed by atoms with Gasteiger partial charge in [0, 0.05) is 19.1 Å². The lowest BCUT2D eigenvalue weighted by Crippen LogP contribution is -2.35. The number of carbonyl (C=O) groups excluding carboxylic acids is 1. The Morgan fingerprint density at radius 3 is 2.42 bits per heavy atom. The van der Waals surface area contributed by atoms with E-state index in [0.717, 1.165) is 5.56 Å². The number of nitrogens with zero attached hydrogens (tertiary/aromatic N) is 2. The van der Waals surface area contributed by atoms with E-state index in [1.807, 2.05) is 39.2 Å². The summed E-state index contributed by atoms with van der Waals surface area (Å²) in [5.41, 5.74) is 1.00. The van der Waals surface area contributed by atoms with Gasteiger partial charge in [-0.2, -0.15) is 0 Å². The Balaban J connectivity index is 2.92. The van der Waals surface area contributed by atoms with Crippen LogP contribution < -0.4 is 4.74 Å². The molecule has 1 aromatic carbocycles. The minimum Gasteiger partial charge on any atom is -0.410 e. The van der Waals surface area contributed by atoms with Gasteiger partial charge in [-0.3, -0.25) is 0 Å². The lowest BCUT2D eigenvalue weighted by molar-refractivity contribution is 0.164. The summed E-state index contributed by atoms with van der Waals surface area (Å²) in [7, 11) is 5.78. The first-order chi connectivity index (χ1) is 8.78. The van der Waals surface area contributed by atoms with Crippen LogP contribution >= 0.6 is 0 Å². The van der Waals surface area contributed by atoms with Crippen LogP contribution in [-0.2, 0) is 5.54 Å². The lowest BCUT2D eigenvalue weighted by atomic mass is 9.93. The maximum Gasteiger partial charge on any atom is 0.414 e. The molecule has 4 heteroatoms. The molecule has 0 unspecified atom stereocenters. The Labute approximate surface area is 116 Å². The van der Waals surface area contributed by atoms with Crippen molar-refractivity contribution in [2.24, 2.45) is 0 Å². The number of hydrogen-bond donors (Lipinski definition) is 0. The van der Waals surface area contributed by atoms with E-state index in [9.17, 15) is 4.79 Å². The third-order valence-corrected chi connectivity index (χ3v) is 3.65. The summed E-state index contributed by atoms with van der Waals surface area (Å²) in [6.45, 7) is 6.80. The van der Waals surface area contributed by atoms with Crippen LogP contribution in [0.3, 0.4) is 0 Å². The maximum absolute atomic E-state index is 11.7. The fourth-order valence-corrected chi connectivity index (χ4v) is 1.51. The fraction of sp³-hybridized carbons (Fsp3) is 0.533. The first kappa shape index (κ1) is 15.5.